The van der Waals surface area contributed by atoms with Crippen LogP contribution in [-0.4, -0.2) is 17.8 Å². The quantitative estimate of drug-likeness (QED) is 0.855. The second-order valence-corrected chi connectivity index (χ2v) is 5.86. The smallest absolute Gasteiger partial charge is 0.0624 e. The van der Waals surface area contributed by atoms with Crippen molar-refractivity contribution in [1.29, 1.82) is 0 Å². The maximum absolute atomic E-state index is 10.5. The van der Waals surface area contributed by atoms with Crippen LogP contribution in [0.25, 0.3) is 0 Å². The maximum atomic E-state index is 10.5. The van der Waals surface area contributed by atoms with Gasteiger partial charge in [-0.25, -0.2) is 0 Å². The van der Waals surface area contributed by atoms with Gasteiger partial charge in [0.25, 0.3) is 0 Å². The lowest BCUT2D eigenvalue weighted by Gasteiger charge is -2.23. The summed E-state index contributed by atoms with van der Waals surface area (Å²) in [5.41, 5.74) is 9.25. The summed E-state index contributed by atoms with van der Waals surface area (Å²) >= 11 is 6.21. The molecule has 112 valence electrons. The second kappa shape index (κ2) is 7.60. The molecule has 0 aromatic heterocycles. The van der Waals surface area contributed by atoms with Crippen molar-refractivity contribution in [2.75, 3.05) is 6.54 Å². The summed E-state index contributed by atoms with van der Waals surface area (Å²) in [6, 6.07) is 16.0. The molecule has 0 heterocycles. The Morgan fingerprint density at radius 1 is 1.10 bits per heavy atom. The minimum absolute atomic E-state index is 0.121. The first-order valence-corrected chi connectivity index (χ1v) is 7.67. The van der Waals surface area contributed by atoms with Crippen LogP contribution in [0.15, 0.2) is 48.5 Å². The Labute approximate surface area is 131 Å². The van der Waals surface area contributed by atoms with Crippen LogP contribution in [-0.2, 0) is 6.42 Å². The van der Waals surface area contributed by atoms with Crippen LogP contribution in [0.2, 0.25) is 5.02 Å². The average Bonchev–Trinajstić information content (AvgIpc) is 2.49. The molecule has 0 saturated carbocycles. The first-order valence-electron chi connectivity index (χ1n) is 7.30. The van der Waals surface area contributed by atoms with Gasteiger partial charge in [-0.05, 0) is 37.0 Å². The molecule has 2 rings (SSSR count). The van der Waals surface area contributed by atoms with Gasteiger partial charge in [0.15, 0.2) is 0 Å². The van der Waals surface area contributed by atoms with Crippen LogP contribution >= 0.6 is 11.6 Å². The van der Waals surface area contributed by atoms with Gasteiger partial charge in [-0.15, -0.1) is 0 Å². The molecule has 0 aliphatic rings. The molecule has 0 amide bonds. The lowest BCUT2D eigenvalue weighted by atomic mass is 9.90. The minimum atomic E-state index is -0.490. The molecule has 21 heavy (non-hydrogen) atoms. The van der Waals surface area contributed by atoms with E-state index in [1.54, 1.807) is 0 Å². The van der Waals surface area contributed by atoms with Gasteiger partial charge in [0, 0.05) is 17.5 Å². The monoisotopic (exact) mass is 303 g/mol. The summed E-state index contributed by atoms with van der Waals surface area (Å²) in [7, 11) is 0. The highest BCUT2D eigenvalue weighted by Gasteiger charge is 2.21. The molecule has 2 nitrogen and oxygen atoms in total. The van der Waals surface area contributed by atoms with Gasteiger partial charge in [-0.1, -0.05) is 59.6 Å². The number of halogens is 1. The summed E-state index contributed by atoms with van der Waals surface area (Å²) < 4.78 is 0. The molecular formula is C18H22ClNO. The fraction of sp³-hybridized carbons (Fsp3) is 0.333. The van der Waals surface area contributed by atoms with E-state index in [9.17, 15) is 5.11 Å². The molecule has 2 aromatic carbocycles. The van der Waals surface area contributed by atoms with Crippen LogP contribution in [0.3, 0.4) is 0 Å². The average molecular weight is 304 g/mol. The number of rotatable bonds is 6. The van der Waals surface area contributed by atoms with Gasteiger partial charge in [-0.3, -0.25) is 0 Å². The van der Waals surface area contributed by atoms with Gasteiger partial charge < -0.3 is 10.8 Å². The van der Waals surface area contributed by atoms with Gasteiger partial charge in [0.05, 0.1) is 6.10 Å². The predicted octanol–water partition coefficient (Wildman–Crippen LogP) is 3.68. The molecule has 2 aromatic rings. The van der Waals surface area contributed by atoms with Crippen LogP contribution < -0.4 is 5.73 Å². The lowest BCUT2D eigenvalue weighted by molar-refractivity contribution is 0.136. The molecule has 0 bridgehead atoms. The molecule has 0 saturated heterocycles. The maximum Gasteiger partial charge on any atom is 0.0624 e. The predicted molar refractivity (Wildman–Crippen MR) is 88.8 cm³/mol. The summed E-state index contributed by atoms with van der Waals surface area (Å²) in [4.78, 5) is 0. The van der Waals surface area contributed by atoms with E-state index in [0.29, 0.717) is 18.0 Å². The van der Waals surface area contributed by atoms with Gasteiger partial charge in [-0.2, -0.15) is 0 Å². The zero-order valence-electron chi connectivity index (χ0n) is 12.3. The molecule has 3 N–H and O–H groups in total. The Kier molecular flexibility index (Phi) is 5.80. The molecule has 0 fully saturated rings. The Balaban J connectivity index is 2.02. The van der Waals surface area contributed by atoms with Crippen molar-refractivity contribution >= 4 is 11.6 Å². The molecule has 0 radical (unpaired) electrons. The fourth-order valence-corrected chi connectivity index (χ4v) is 2.81. The summed E-state index contributed by atoms with van der Waals surface area (Å²) in [5, 5.41) is 11.1. The van der Waals surface area contributed by atoms with Crippen molar-refractivity contribution in [3.63, 3.8) is 0 Å². The Morgan fingerprint density at radius 3 is 2.38 bits per heavy atom. The fourth-order valence-electron chi connectivity index (χ4n) is 2.54. The zero-order chi connectivity index (χ0) is 15.2. The largest absolute Gasteiger partial charge is 0.392 e. The van der Waals surface area contributed by atoms with E-state index in [-0.39, 0.29) is 5.92 Å². The third-order valence-corrected chi connectivity index (χ3v) is 4.22. The van der Waals surface area contributed by atoms with Crippen molar-refractivity contribution in [3.8, 4) is 0 Å². The number of aliphatic hydroxyl groups is 1. The second-order valence-electron chi connectivity index (χ2n) is 5.46. The number of nitrogens with two attached hydrogens (primary N) is 1. The van der Waals surface area contributed by atoms with Crippen LogP contribution in [0.5, 0.6) is 0 Å². The van der Waals surface area contributed by atoms with Crippen molar-refractivity contribution in [2.24, 2.45) is 5.73 Å². The first kappa shape index (κ1) is 16.0. The van der Waals surface area contributed by atoms with E-state index in [0.717, 1.165) is 12.0 Å². The molecule has 2 unspecified atom stereocenters. The third-order valence-electron chi connectivity index (χ3n) is 3.87. The van der Waals surface area contributed by atoms with E-state index < -0.39 is 6.10 Å². The van der Waals surface area contributed by atoms with Gasteiger partial charge in [0.2, 0.25) is 0 Å². The van der Waals surface area contributed by atoms with E-state index in [1.807, 2.05) is 24.3 Å². The molecule has 2 atom stereocenters. The van der Waals surface area contributed by atoms with E-state index >= 15 is 0 Å². The summed E-state index contributed by atoms with van der Waals surface area (Å²) in [6.07, 6.45) is 1.02. The zero-order valence-corrected chi connectivity index (χ0v) is 13.1. The van der Waals surface area contributed by atoms with Crippen molar-refractivity contribution in [3.05, 3.63) is 70.2 Å². The van der Waals surface area contributed by atoms with Crippen molar-refractivity contribution in [2.45, 2.75) is 31.8 Å². The number of hydrogen-bond acceptors (Lipinski definition) is 2. The first-order chi connectivity index (χ1) is 10.1. The molecule has 0 spiro atoms. The summed E-state index contributed by atoms with van der Waals surface area (Å²) in [6.45, 7) is 2.46. The topological polar surface area (TPSA) is 46.2 Å². The van der Waals surface area contributed by atoms with Crippen LogP contribution in [0, 0.1) is 6.92 Å². The van der Waals surface area contributed by atoms with Gasteiger partial charge >= 0.3 is 0 Å². The van der Waals surface area contributed by atoms with E-state index in [4.69, 9.17) is 17.3 Å². The lowest BCUT2D eigenvalue weighted by Crippen LogP contribution is -2.26. The molecule has 0 aliphatic carbocycles. The minimum Gasteiger partial charge on any atom is -0.392 e. The Hall–Kier alpha value is -1.35. The summed E-state index contributed by atoms with van der Waals surface area (Å²) in [5.74, 6) is -0.121. The highest BCUT2D eigenvalue weighted by Crippen LogP contribution is 2.28. The molecule has 0 aliphatic heterocycles. The number of aryl methyl sites for hydroxylation is 2. The van der Waals surface area contributed by atoms with E-state index in [1.165, 1.54) is 11.1 Å². The Morgan fingerprint density at radius 2 is 1.76 bits per heavy atom. The standard InChI is InChI=1S/C18H22ClNO/c1-13-6-8-14(9-7-13)10-11-18(21)16(12-20)15-4-2-3-5-17(15)19/h2-9,16,18,21H,10-12,20H2,1H3. The van der Waals surface area contributed by atoms with E-state index in [2.05, 4.69) is 31.2 Å². The van der Waals surface area contributed by atoms with Gasteiger partial charge in [0.1, 0.15) is 0 Å². The molecular weight excluding hydrogens is 282 g/mol. The van der Waals surface area contributed by atoms with Crippen molar-refractivity contribution in [1.82, 2.24) is 0 Å². The normalized spacial score (nSPS) is 13.9. The number of aliphatic hydroxyl groups excluding tert-OH is 1. The number of hydrogen-bond donors (Lipinski definition) is 2. The Bertz CT molecular complexity index is 568. The SMILES string of the molecule is Cc1ccc(CCC(O)C(CN)c2ccccc2Cl)cc1. The highest BCUT2D eigenvalue weighted by molar-refractivity contribution is 6.31. The third kappa shape index (κ3) is 4.31. The van der Waals surface area contributed by atoms with Crippen molar-refractivity contribution < 1.29 is 5.11 Å². The van der Waals surface area contributed by atoms with Crippen LogP contribution in [0.4, 0.5) is 0 Å². The van der Waals surface area contributed by atoms with Crippen LogP contribution in [0.1, 0.15) is 29.0 Å². The highest BCUT2D eigenvalue weighted by atomic mass is 35.5. The number of benzene rings is 2. The molecule has 3 heteroatoms.